The highest BCUT2D eigenvalue weighted by molar-refractivity contribution is 5.92. The molecule has 1 aliphatic rings. The first kappa shape index (κ1) is 18.9. The first-order valence-corrected chi connectivity index (χ1v) is 9.39. The fourth-order valence-electron chi connectivity index (χ4n) is 3.31. The Hall–Kier alpha value is -2.86. The van der Waals surface area contributed by atoms with E-state index in [-0.39, 0.29) is 18.0 Å². The van der Waals surface area contributed by atoms with Crippen LogP contribution in [0.2, 0.25) is 0 Å². The van der Waals surface area contributed by atoms with E-state index in [1.165, 1.54) is 0 Å². The predicted octanol–water partition coefficient (Wildman–Crippen LogP) is 3.30. The fourth-order valence-corrected chi connectivity index (χ4v) is 3.31. The highest BCUT2D eigenvalue weighted by atomic mass is 16.2. The summed E-state index contributed by atoms with van der Waals surface area (Å²) in [6.45, 7) is 1.73. The van der Waals surface area contributed by atoms with Crippen molar-refractivity contribution in [3.05, 3.63) is 60.7 Å². The van der Waals surface area contributed by atoms with Crippen LogP contribution in [0.5, 0.6) is 0 Å². The minimum Gasteiger partial charge on any atom is -0.336 e. The number of nitrogens with one attached hydrogen (secondary N) is 3. The lowest BCUT2D eigenvalue weighted by Crippen LogP contribution is -2.49. The molecule has 3 amide bonds. The van der Waals surface area contributed by atoms with Gasteiger partial charge in [-0.25, -0.2) is 4.79 Å². The van der Waals surface area contributed by atoms with Gasteiger partial charge < -0.3 is 16.0 Å². The van der Waals surface area contributed by atoms with E-state index in [1.54, 1.807) is 0 Å². The molecule has 142 valence electrons. The van der Waals surface area contributed by atoms with Gasteiger partial charge in [0.1, 0.15) is 0 Å². The van der Waals surface area contributed by atoms with Crippen LogP contribution in [0.3, 0.4) is 0 Å². The summed E-state index contributed by atoms with van der Waals surface area (Å²) < 4.78 is 0. The van der Waals surface area contributed by atoms with Gasteiger partial charge >= 0.3 is 6.03 Å². The Kier molecular flexibility index (Phi) is 6.82. The maximum absolute atomic E-state index is 12.4. The fraction of sp³-hybridized carbons (Fsp3) is 0.333. The molecule has 0 spiro atoms. The molecule has 1 heterocycles. The second kappa shape index (κ2) is 9.73. The first-order chi connectivity index (χ1) is 13.2. The number of benzene rings is 2. The number of anilines is 2. The van der Waals surface area contributed by atoms with Gasteiger partial charge in [-0.05, 0) is 43.7 Å². The van der Waals surface area contributed by atoms with Crippen molar-refractivity contribution in [3.8, 4) is 0 Å². The molecular formula is C21H26N4O2. The molecule has 0 saturated carbocycles. The van der Waals surface area contributed by atoms with Gasteiger partial charge in [0.2, 0.25) is 5.91 Å². The zero-order chi connectivity index (χ0) is 18.9. The van der Waals surface area contributed by atoms with Crippen LogP contribution < -0.4 is 16.0 Å². The quantitative estimate of drug-likeness (QED) is 0.734. The van der Waals surface area contributed by atoms with Crippen LogP contribution in [0.4, 0.5) is 16.2 Å². The lowest BCUT2D eigenvalue weighted by Gasteiger charge is -2.35. The summed E-state index contributed by atoms with van der Waals surface area (Å²) in [6.07, 6.45) is 3.17. The molecule has 1 aliphatic heterocycles. The van der Waals surface area contributed by atoms with Gasteiger partial charge in [0.25, 0.3) is 0 Å². The summed E-state index contributed by atoms with van der Waals surface area (Å²) in [5.74, 6) is -0.0261. The van der Waals surface area contributed by atoms with Gasteiger partial charge in [-0.1, -0.05) is 42.8 Å². The number of hydrogen-bond donors (Lipinski definition) is 3. The van der Waals surface area contributed by atoms with Crippen molar-refractivity contribution in [2.45, 2.75) is 25.3 Å². The summed E-state index contributed by atoms with van der Waals surface area (Å²) >= 11 is 0. The number of likely N-dealkylation sites (tertiary alicyclic amines) is 1. The molecule has 1 saturated heterocycles. The van der Waals surface area contributed by atoms with Crippen molar-refractivity contribution in [3.63, 3.8) is 0 Å². The number of rotatable bonds is 6. The molecular weight excluding hydrogens is 340 g/mol. The maximum atomic E-state index is 12.4. The highest BCUT2D eigenvalue weighted by Crippen LogP contribution is 2.17. The molecule has 2 aromatic carbocycles. The van der Waals surface area contributed by atoms with Crippen molar-refractivity contribution in [1.82, 2.24) is 10.2 Å². The Balaban J connectivity index is 1.48. The van der Waals surface area contributed by atoms with E-state index in [0.29, 0.717) is 13.1 Å². The number of hydrogen-bond acceptors (Lipinski definition) is 3. The second-order valence-electron chi connectivity index (χ2n) is 6.74. The lowest BCUT2D eigenvalue weighted by atomic mass is 10.0. The zero-order valence-corrected chi connectivity index (χ0v) is 15.4. The number of piperidine rings is 1. The zero-order valence-electron chi connectivity index (χ0n) is 15.4. The molecule has 6 nitrogen and oxygen atoms in total. The van der Waals surface area contributed by atoms with Crippen LogP contribution in [-0.4, -0.2) is 42.5 Å². The van der Waals surface area contributed by atoms with E-state index in [1.807, 2.05) is 60.7 Å². The number of amides is 3. The molecule has 0 radical (unpaired) electrons. The number of nitrogens with zero attached hydrogens (tertiary/aromatic N) is 1. The third-order valence-electron chi connectivity index (χ3n) is 4.68. The average Bonchev–Trinajstić information content (AvgIpc) is 2.69. The maximum Gasteiger partial charge on any atom is 0.319 e. The molecule has 0 aliphatic carbocycles. The Morgan fingerprint density at radius 1 is 0.889 bits per heavy atom. The molecule has 6 heteroatoms. The van der Waals surface area contributed by atoms with Crippen molar-refractivity contribution < 1.29 is 9.59 Å². The average molecular weight is 366 g/mol. The molecule has 1 atom stereocenters. The van der Waals surface area contributed by atoms with E-state index in [9.17, 15) is 9.59 Å². The van der Waals surface area contributed by atoms with Crippen molar-refractivity contribution in [1.29, 1.82) is 0 Å². The largest absolute Gasteiger partial charge is 0.336 e. The summed E-state index contributed by atoms with van der Waals surface area (Å²) in [5.41, 5.74) is 1.56. The van der Waals surface area contributed by atoms with E-state index in [0.717, 1.165) is 37.2 Å². The van der Waals surface area contributed by atoms with Gasteiger partial charge in [-0.3, -0.25) is 9.69 Å². The van der Waals surface area contributed by atoms with Crippen molar-refractivity contribution in [2.24, 2.45) is 0 Å². The van der Waals surface area contributed by atoms with Crippen LogP contribution in [-0.2, 0) is 4.79 Å². The molecule has 27 heavy (non-hydrogen) atoms. The summed E-state index contributed by atoms with van der Waals surface area (Å²) in [4.78, 5) is 26.6. The van der Waals surface area contributed by atoms with E-state index >= 15 is 0 Å². The Bertz CT molecular complexity index is 736. The summed E-state index contributed by atoms with van der Waals surface area (Å²) in [5, 5.41) is 8.68. The van der Waals surface area contributed by atoms with Crippen LogP contribution in [0, 0.1) is 0 Å². The molecule has 0 aromatic heterocycles. The molecule has 0 bridgehead atoms. The summed E-state index contributed by atoms with van der Waals surface area (Å²) in [6, 6.07) is 18.8. The monoisotopic (exact) mass is 366 g/mol. The highest BCUT2D eigenvalue weighted by Gasteiger charge is 2.24. The normalized spacial score (nSPS) is 17.1. The van der Waals surface area contributed by atoms with Gasteiger partial charge in [0.15, 0.2) is 0 Å². The van der Waals surface area contributed by atoms with E-state index in [2.05, 4.69) is 20.9 Å². The Morgan fingerprint density at radius 2 is 1.52 bits per heavy atom. The van der Waals surface area contributed by atoms with Crippen molar-refractivity contribution >= 4 is 23.3 Å². The smallest absolute Gasteiger partial charge is 0.319 e. The predicted molar refractivity (Wildman–Crippen MR) is 108 cm³/mol. The third kappa shape index (κ3) is 6.11. The van der Waals surface area contributed by atoms with Crippen molar-refractivity contribution in [2.75, 3.05) is 30.3 Å². The van der Waals surface area contributed by atoms with E-state index in [4.69, 9.17) is 0 Å². The molecule has 3 rings (SSSR count). The number of carbonyl (C=O) groups is 2. The number of carbonyl (C=O) groups excluding carboxylic acids is 2. The van der Waals surface area contributed by atoms with Gasteiger partial charge in [0, 0.05) is 24.0 Å². The minimum absolute atomic E-state index is 0.0261. The summed E-state index contributed by atoms with van der Waals surface area (Å²) in [7, 11) is 0. The molecule has 1 fully saturated rings. The lowest BCUT2D eigenvalue weighted by molar-refractivity contribution is -0.118. The van der Waals surface area contributed by atoms with Gasteiger partial charge in [0.05, 0.1) is 6.54 Å². The topological polar surface area (TPSA) is 73.5 Å². The number of para-hydroxylation sites is 2. The minimum atomic E-state index is -0.222. The molecule has 3 N–H and O–H groups in total. The number of urea groups is 1. The van der Waals surface area contributed by atoms with Crippen LogP contribution in [0.25, 0.3) is 0 Å². The van der Waals surface area contributed by atoms with Crippen LogP contribution in [0.15, 0.2) is 60.7 Å². The third-order valence-corrected chi connectivity index (χ3v) is 4.68. The van der Waals surface area contributed by atoms with Crippen LogP contribution >= 0.6 is 0 Å². The standard InChI is InChI=1S/C21H26N4O2/c26-20(23-17-9-3-1-4-10-17)16-25-14-8-7-13-19(25)15-22-21(27)24-18-11-5-2-6-12-18/h1-6,9-12,19H,7-8,13-16H2,(H,23,26)(H2,22,24,27). The molecule has 1 unspecified atom stereocenters. The van der Waals surface area contributed by atoms with Crippen LogP contribution in [0.1, 0.15) is 19.3 Å². The van der Waals surface area contributed by atoms with E-state index < -0.39 is 0 Å². The SMILES string of the molecule is O=C(CN1CCCCC1CNC(=O)Nc1ccccc1)Nc1ccccc1. The second-order valence-corrected chi connectivity index (χ2v) is 6.74. The Labute approximate surface area is 159 Å². The van der Waals surface area contributed by atoms with Gasteiger partial charge in [-0.2, -0.15) is 0 Å². The molecule has 2 aromatic rings. The first-order valence-electron chi connectivity index (χ1n) is 9.39. The Morgan fingerprint density at radius 3 is 2.19 bits per heavy atom. The van der Waals surface area contributed by atoms with Gasteiger partial charge in [-0.15, -0.1) is 0 Å².